The van der Waals surface area contributed by atoms with Gasteiger partial charge in [-0.05, 0) is 25.7 Å². The van der Waals surface area contributed by atoms with Crippen molar-refractivity contribution in [1.29, 1.82) is 0 Å². The van der Waals surface area contributed by atoms with Crippen LogP contribution in [0.15, 0.2) is 12.2 Å². The fourth-order valence-corrected chi connectivity index (χ4v) is 2.03. The van der Waals surface area contributed by atoms with E-state index in [1.165, 1.54) is 19.3 Å². The molecule has 2 rings (SSSR count). The lowest BCUT2D eigenvalue weighted by atomic mass is 9.98. The first-order valence-corrected chi connectivity index (χ1v) is 5.47. The second kappa shape index (κ2) is 4.49. The summed E-state index contributed by atoms with van der Waals surface area (Å²) in [7, 11) is 0. The first-order chi connectivity index (χ1) is 6.86. The van der Waals surface area contributed by atoms with Crippen LogP contribution in [0.3, 0.4) is 0 Å². The van der Waals surface area contributed by atoms with Gasteiger partial charge in [-0.3, -0.25) is 0 Å². The van der Waals surface area contributed by atoms with Crippen molar-refractivity contribution in [3.8, 4) is 0 Å². The lowest BCUT2D eigenvalue weighted by molar-refractivity contribution is 0.0518. The summed E-state index contributed by atoms with van der Waals surface area (Å²) in [5, 5.41) is 0. The minimum absolute atomic E-state index is 0.137. The zero-order valence-corrected chi connectivity index (χ0v) is 8.45. The van der Waals surface area contributed by atoms with E-state index < -0.39 is 0 Å². The summed E-state index contributed by atoms with van der Waals surface area (Å²) in [5.74, 6) is 0. The molecule has 0 unspecified atom stereocenters. The van der Waals surface area contributed by atoms with Gasteiger partial charge in [0.05, 0.1) is 0 Å². The molecule has 78 valence electrons. The van der Waals surface area contributed by atoms with E-state index in [-0.39, 0.29) is 12.2 Å². The van der Waals surface area contributed by atoms with E-state index in [1.54, 1.807) is 4.90 Å². The monoisotopic (exact) mass is 195 g/mol. The molecule has 3 heteroatoms. The van der Waals surface area contributed by atoms with E-state index in [0.29, 0.717) is 13.1 Å². The summed E-state index contributed by atoms with van der Waals surface area (Å²) in [4.78, 5) is 13.3. The van der Waals surface area contributed by atoms with Gasteiger partial charge in [-0.2, -0.15) is 0 Å². The van der Waals surface area contributed by atoms with Crippen LogP contribution in [0.5, 0.6) is 0 Å². The Bertz CT molecular complexity index is 223. The van der Waals surface area contributed by atoms with Gasteiger partial charge in [0.15, 0.2) is 0 Å². The topological polar surface area (TPSA) is 29.5 Å². The SMILES string of the molecule is O=C(OC1CCCCC1)N1CC=CC1. The van der Waals surface area contributed by atoms with Gasteiger partial charge >= 0.3 is 6.09 Å². The molecule has 0 saturated heterocycles. The van der Waals surface area contributed by atoms with Crippen molar-refractivity contribution in [3.63, 3.8) is 0 Å². The number of carbonyl (C=O) groups is 1. The Balaban J connectivity index is 1.75. The normalized spacial score (nSPS) is 22.7. The standard InChI is InChI=1S/C11H17NO2/c13-11(12-8-4-5-9-12)14-10-6-2-1-3-7-10/h4-5,10H,1-3,6-9H2. The van der Waals surface area contributed by atoms with Gasteiger partial charge in [0.25, 0.3) is 0 Å². The maximum absolute atomic E-state index is 11.6. The minimum Gasteiger partial charge on any atom is -0.446 e. The fraction of sp³-hybridized carbons (Fsp3) is 0.727. The first kappa shape index (κ1) is 9.56. The van der Waals surface area contributed by atoms with Gasteiger partial charge in [0.2, 0.25) is 0 Å². The molecular formula is C11H17NO2. The molecule has 1 amide bonds. The van der Waals surface area contributed by atoms with Crippen LogP contribution in [0.25, 0.3) is 0 Å². The number of amides is 1. The van der Waals surface area contributed by atoms with Crippen LogP contribution in [0.4, 0.5) is 4.79 Å². The zero-order valence-electron chi connectivity index (χ0n) is 8.45. The van der Waals surface area contributed by atoms with Crippen molar-refractivity contribution in [1.82, 2.24) is 4.90 Å². The van der Waals surface area contributed by atoms with E-state index >= 15 is 0 Å². The highest BCUT2D eigenvalue weighted by Gasteiger charge is 2.21. The van der Waals surface area contributed by atoms with E-state index in [9.17, 15) is 4.79 Å². The predicted octanol–water partition coefficient (Wildman–Crippen LogP) is 2.33. The van der Waals surface area contributed by atoms with Gasteiger partial charge < -0.3 is 9.64 Å². The van der Waals surface area contributed by atoms with Gasteiger partial charge in [0.1, 0.15) is 6.10 Å². The molecule has 2 aliphatic rings. The molecule has 1 fully saturated rings. The Kier molecular flexibility index (Phi) is 3.07. The van der Waals surface area contributed by atoms with E-state index in [2.05, 4.69) is 0 Å². The van der Waals surface area contributed by atoms with Crippen LogP contribution in [0.1, 0.15) is 32.1 Å². The van der Waals surface area contributed by atoms with Gasteiger partial charge in [-0.25, -0.2) is 4.79 Å². The van der Waals surface area contributed by atoms with Crippen molar-refractivity contribution in [3.05, 3.63) is 12.2 Å². The highest BCUT2D eigenvalue weighted by Crippen LogP contribution is 2.21. The Hall–Kier alpha value is -0.990. The molecule has 0 bridgehead atoms. The summed E-state index contributed by atoms with van der Waals surface area (Å²) < 4.78 is 5.42. The van der Waals surface area contributed by atoms with Crippen molar-refractivity contribution < 1.29 is 9.53 Å². The van der Waals surface area contributed by atoms with Gasteiger partial charge in [-0.15, -0.1) is 0 Å². The minimum atomic E-state index is -0.137. The Labute approximate surface area is 84.7 Å². The molecule has 1 aliphatic heterocycles. The summed E-state index contributed by atoms with van der Waals surface area (Å²) in [6.07, 6.45) is 9.84. The average molecular weight is 195 g/mol. The summed E-state index contributed by atoms with van der Waals surface area (Å²) in [5.41, 5.74) is 0. The molecular weight excluding hydrogens is 178 g/mol. The lowest BCUT2D eigenvalue weighted by Gasteiger charge is -2.24. The molecule has 0 spiro atoms. The van der Waals surface area contributed by atoms with Crippen LogP contribution in [-0.2, 0) is 4.74 Å². The molecule has 14 heavy (non-hydrogen) atoms. The molecule has 1 heterocycles. The molecule has 1 saturated carbocycles. The largest absolute Gasteiger partial charge is 0.446 e. The van der Waals surface area contributed by atoms with Gasteiger partial charge in [0, 0.05) is 13.1 Å². The predicted molar refractivity (Wildman–Crippen MR) is 54.1 cm³/mol. The third kappa shape index (κ3) is 2.28. The first-order valence-electron chi connectivity index (χ1n) is 5.47. The average Bonchev–Trinajstić information content (AvgIpc) is 2.72. The number of hydrogen-bond donors (Lipinski definition) is 0. The molecule has 3 nitrogen and oxygen atoms in total. The molecule has 0 aromatic rings. The lowest BCUT2D eigenvalue weighted by Crippen LogP contribution is -2.33. The van der Waals surface area contributed by atoms with Crippen LogP contribution in [-0.4, -0.2) is 30.2 Å². The van der Waals surface area contributed by atoms with Crippen molar-refractivity contribution >= 4 is 6.09 Å². The fourth-order valence-electron chi connectivity index (χ4n) is 2.03. The van der Waals surface area contributed by atoms with Crippen LogP contribution in [0, 0.1) is 0 Å². The molecule has 1 aliphatic carbocycles. The molecule has 0 aromatic heterocycles. The zero-order chi connectivity index (χ0) is 9.80. The summed E-state index contributed by atoms with van der Waals surface area (Å²) in [6.45, 7) is 1.43. The molecule has 0 aromatic carbocycles. The highest BCUT2D eigenvalue weighted by molar-refractivity contribution is 5.68. The Morgan fingerprint density at radius 1 is 1.14 bits per heavy atom. The highest BCUT2D eigenvalue weighted by atomic mass is 16.6. The summed E-state index contributed by atoms with van der Waals surface area (Å²) >= 11 is 0. The van der Waals surface area contributed by atoms with E-state index in [0.717, 1.165) is 12.8 Å². The quantitative estimate of drug-likeness (QED) is 0.601. The Morgan fingerprint density at radius 3 is 2.43 bits per heavy atom. The maximum atomic E-state index is 11.6. The number of carbonyl (C=O) groups excluding carboxylic acids is 1. The van der Waals surface area contributed by atoms with Crippen molar-refractivity contribution in [2.24, 2.45) is 0 Å². The number of rotatable bonds is 1. The second-order valence-corrected chi connectivity index (χ2v) is 4.02. The third-order valence-corrected chi connectivity index (χ3v) is 2.90. The number of hydrogen-bond acceptors (Lipinski definition) is 2. The van der Waals surface area contributed by atoms with Crippen molar-refractivity contribution in [2.75, 3.05) is 13.1 Å². The maximum Gasteiger partial charge on any atom is 0.410 e. The van der Waals surface area contributed by atoms with E-state index in [1.807, 2.05) is 12.2 Å². The van der Waals surface area contributed by atoms with Crippen LogP contribution >= 0.6 is 0 Å². The smallest absolute Gasteiger partial charge is 0.410 e. The van der Waals surface area contributed by atoms with Crippen molar-refractivity contribution in [2.45, 2.75) is 38.2 Å². The summed E-state index contributed by atoms with van der Waals surface area (Å²) in [6, 6.07) is 0. The molecule has 0 atom stereocenters. The molecule has 0 radical (unpaired) electrons. The third-order valence-electron chi connectivity index (χ3n) is 2.90. The number of nitrogens with zero attached hydrogens (tertiary/aromatic N) is 1. The number of ether oxygens (including phenoxy) is 1. The van der Waals surface area contributed by atoms with Gasteiger partial charge in [-0.1, -0.05) is 18.6 Å². The molecule has 0 N–H and O–H groups in total. The van der Waals surface area contributed by atoms with Crippen LogP contribution < -0.4 is 0 Å². The Morgan fingerprint density at radius 2 is 1.79 bits per heavy atom. The second-order valence-electron chi connectivity index (χ2n) is 4.02. The van der Waals surface area contributed by atoms with Crippen LogP contribution in [0.2, 0.25) is 0 Å². The van der Waals surface area contributed by atoms with E-state index in [4.69, 9.17) is 4.74 Å².